The highest BCUT2D eigenvalue weighted by atomic mass is 15.0. The Kier molecular flexibility index (Phi) is 8.13. The van der Waals surface area contributed by atoms with Crippen LogP contribution in [0.25, 0.3) is 116 Å². The lowest BCUT2D eigenvalue weighted by Crippen LogP contribution is -2.02. The molecule has 0 N–H and O–H groups in total. The minimum atomic E-state index is 0.615. The van der Waals surface area contributed by atoms with E-state index in [2.05, 4.69) is 205 Å². The molecule has 284 valence electrons. The van der Waals surface area contributed by atoms with E-state index in [4.69, 9.17) is 15.0 Å². The smallest absolute Gasteiger partial charge is 0.164 e. The maximum Gasteiger partial charge on any atom is 0.164 e. The largest absolute Gasteiger partial charge is 0.309 e. The van der Waals surface area contributed by atoms with Gasteiger partial charge in [0, 0.05) is 33.0 Å². The van der Waals surface area contributed by atoms with Gasteiger partial charge >= 0.3 is 0 Å². The van der Waals surface area contributed by atoms with Crippen molar-refractivity contribution in [3.63, 3.8) is 0 Å². The zero-order valence-electron chi connectivity index (χ0n) is 33.1. The van der Waals surface area contributed by atoms with Gasteiger partial charge in [-0.15, -0.1) is 0 Å². The second-order valence-corrected chi connectivity index (χ2v) is 15.6. The Morgan fingerprint density at radius 1 is 0.262 bits per heavy atom. The zero-order chi connectivity index (χ0) is 40.3. The first-order chi connectivity index (χ1) is 30.2. The first-order valence-corrected chi connectivity index (χ1v) is 20.7. The first-order valence-electron chi connectivity index (χ1n) is 20.7. The summed E-state index contributed by atoms with van der Waals surface area (Å²) in [6.45, 7) is 0. The topological polar surface area (TPSA) is 43.6 Å². The van der Waals surface area contributed by atoms with Crippen LogP contribution in [-0.2, 0) is 0 Å². The van der Waals surface area contributed by atoms with E-state index >= 15 is 0 Å². The number of aromatic nitrogens is 4. The van der Waals surface area contributed by atoms with Gasteiger partial charge < -0.3 is 4.57 Å². The molecule has 2 heterocycles. The number of rotatable bonds is 6. The molecular weight excluding hydrogens is 741 g/mol. The van der Waals surface area contributed by atoms with Crippen LogP contribution in [0.5, 0.6) is 0 Å². The summed E-state index contributed by atoms with van der Waals surface area (Å²) >= 11 is 0. The third-order valence-corrected chi connectivity index (χ3v) is 12.0. The van der Waals surface area contributed by atoms with Crippen molar-refractivity contribution >= 4 is 54.1 Å². The predicted octanol–water partition coefficient (Wildman–Crippen LogP) is 14.8. The van der Waals surface area contributed by atoms with E-state index < -0.39 is 0 Å². The minimum absolute atomic E-state index is 0.615. The minimum Gasteiger partial charge on any atom is -0.309 e. The summed E-state index contributed by atoms with van der Waals surface area (Å²) in [6.07, 6.45) is 0. The van der Waals surface area contributed by atoms with E-state index in [0.29, 0.717) is 17.5 Å². The lowest BCUT2D eigenvalue weighted by Gasteiger charge is -2.17. The highest BCUT2D eigenvalue weighted by molar-refractivity contribution is 6.17. The molecule has 0 spiro atoms. The van der Waals surface area contributed by atoms with Gasteiger partial charge in [0.05, 0.1) is 16.7 Å². The van der Waals surface area contributed by atoms with Crippen LogP contribution in [-0.4, -0.2) is 19.5 Å². The van der Waals surface area contributed by atoms with Gasteiger partial charge in [0.25, 0.3) is 0 Å². The highest BCUT2D eigenvalue weighted by Crippen LogP contribution is 2.41. The van der Waals surface area contributed by atoms with Gasteiger partial charge in [0.1, 0.15) is 0 Å². The highest BCUT2D eigenvalue weighted by Gasteiger charge is 2.20. The Bertz CT molecular complexity index is 3530. The van der Waals surface area contributed by atoms with Crippen LogP contribution in [0.2, 0.25) is 0 Å². The summed E-state index contributed by atoms with van der Waals surface area (Å²) in [5, 5.41) is 9.53. The van der Waals surface area contributed by atoms with Gasteiger partial charge in [0.2, 0.25) is 0 Å². The molecule has 0 unspecified atom stereocenters. The van der Waals surface area contributed by atoms with Crippen molar-refractivity contribution in [1.29, 1.82) is 0 Å². The van der Waals surface area contributed by atoms with Crippen molar-refractivity contribution in [3.8, 4) is 62.1 Å². The normalized spacial score (nSPS) is 11.6. The van der Waals surface area contributed by atoms with Crippen molar-refractivity contribution < 1.29 is 0 Å². The van der Waals surface area contributed by atoms with Gasteiger partial charge in [-0.1, -0.05) is 176 Å². The fourth-order valence-corrected chi connectivity index (χ4v) is 8.98. The number of hydrogen-bond acceptors (Lipinski definition) is 3. The van der Waals surface area contributed by atoms with E-state index in [1.807, 2.05) is 18.2 Å². The number of nitrogens with zero attached hydrogens (tertiary/aromatic N) is 4. The molecule has 12 aromatic rings. The van der Waals surface area contributed by atoms with Gasteiger partial charge in [-0.25, -0.2) is 15.0 Å². The summed E-state index contributed by atoms with van der Waals surface area (Å²) in [5.41, 5.74) is 10.7. The maximum absolute atomic E-state index is 5.27. The molecule has 4 nitrogen and oxygen atoms in total. The molecule has 0 radical (unpaired) electrons. The average Bonchev–Trinajstić information content (AvgIpc) is 3.63. The summed E-state index contributed by atoms with van der Waals surface area (Å²) in [7, 11) is 0. The van der Waals surface area contributed by atoms with E-state index in [1.165, 1.54) is 43.4 Å². The van der Waals surface area contributed by atoms with Crippen LogP contribution in [0.15, 0.2) is 218 Å². The summed E-state index contributed by atoms with van der Waals surface area (Å²) < 4.78 is 2.46. The summed E-state index contributed by atoms with van der Waals surface area (Å²) in [5.74, 6) is 1.89. The number of fused-ring (bicyclic) bond motifs is 6. The second-order valence-electron chi connectivity index (χ2n) is 15.6. The van der Waals surface area contributed by atoms with E-state index in [1.54, 1.807) is 0 Å². The van der Waals surface area contributed by atoms with Gasteiger partial charge in [-0.2, -0.15) is 0 Å². The van der Waals surface area contributed by atoms with Crippen molar-refractivity contribution in [2.75, 3.05) is 0 Å². The molecule has 4 heteroatoms. The molecule has 0 aliphatic carbocycles. The Morgan fingerprint density at radius 3 is 1.36 bits per heavy atom. The monoisotopic (exact) mass is 776 g/mol. The molecular formula is C57H36N4. The molecule has 0 aliphatic heterocycles. The van der Waals surface area contributed by atoms with E-state index in [9.17, 15) is 0 Å². The van der Waals surface area contributed by atoms with Crippen molar-refractivity contribution in [1.82, 2.24) is 19.5 Å². The molecule has 0 fully saturated rings. The molecule has 2 aromatic heterocycles. The Hall–Kier alpha value is -8.21. The average molecular weight is 777 g/mol. The second kappa shape index (κ2) is 14.3. The molecule has 10 aromatic carbocycles. The Labute approximate surface area is 352 Å². The third kappa shape index (κ3) is 6.04. The molecule has 0 bridgehead atoms. The number of benzene rings is 10. The van der Waals surface area contributed by atoms with E-state index in [-0.39, 0.29) is 0 Å². The van der Waals surface area contributed by atoms with Crippen LogP contribution in [0.4, 0.5) is 0 Å². The molecule has 0 aliphatic rings. The third-order valence-electron chi connectivity index (χ3n) is 12.0. The predicted molar refractivity (Wildman–Crippen MR) is 254 cm³/mol. The molecule has 0 saturated carbocycles. The van der Waals surface area contributed by atoms with Crippen LogP contribution in [0.3, 0.4) is 0 Å². The zero-order valence-corrected chi connectivity index (χ0v) is 33.1. The SMILES string of the molecule is c1ccc(-c2ccc(-c3cc(-c4nc(-c5ccccc5)nc(-c5cccc6ccccc56)n4)ccc3-n3c4cc5ccccc5cc4c4cc5ccccc5cc43)cc2)cc1. The quantitative estimate of drug-likeness (QED) is 0.169. The van der Waals surface area contributed by atoms with E-state index in [0.717, 1.165) is 55.3 Å². The summed E-state index contributed by atoms with van der Waals surface area (Å²) in [4.78, 5) is 15.6. The fraction of sp³-hybridized carbons (Fsp3) is 0. The molecule has 0 saturated heterocycles. The number of hydrogen-bond donors (Lipinski definition) is 0. The van der Waals surface area contributed by atoms with Crippen LogP contribution in [0, 0.1) is 0 Å². The molecule has 0 amide bonds. The lowest BCUT2D eigenvalue weighted by molar-refractivity contribution is 1.07. The Morgan fingerprint density at radius 2 is 0.721 bits per heavy atom. The lowest BCUT2D eigenvalue weighted by atomic mass is 9.97. The maximum atomic E-state index is 5.27. The molecule has 12 rings (SSSR count). The fourth-order valence-electron chi connectivity index (χ4n) is 8.98. The van der Waals surface area contributed by atoms with Gasteiger partial charge in [-0.3, -0.25) is 0 Å². The molecule has 61 heavy (non-hydrogen) atoms. The molecule has 0 atom stereocenters. The standard InChI is InChI=1S/C57H36N4/c1-3-14-37(15-4-1)38-26-28-40(29-27-38)49-34-46(56-58-55(41-17-5-2-6-18-41)59-57(60-56)48-25-13-23-39-16-11-12-24-47(39)48)30-31-52(49)61-53-35-44-21-9-7-19-42(44)32-50(53)51-33-43-20-8-10-22-45(43)36-54(51)61/h1-36H. The van der Waals surface area contributed by atoms with Crippen molar-refractivity contribution in [2.45, 2.75) is 0 Å². The van der Waals surface area contributed by atoms with Gasteiger partial charge in [0.15, 0.2) is 17.5 Å². The summed E-state index contributed by atoms with van der Waals surface area (Å²) in [6, 6.07) is 77.8. The van der Waals surface area contributed by atoms with Gasteiger partial charge in [-0.05, 0) is 91.5 Å². The van der Waals surface area contributed by atoms with Crippen molar-refractivity contribution in [3.05, 3.63) is 218 Å². The first kappa shape index (κ1) is 34.8. The van der Waals surface area contributed by atoms with Crippen molar-refractivity contribution in [2.24, 2.45) is 0 Å². The van der Waals surface area contributed by atoms with Crippen LogP contribution < -0.4 is 0 Å². The van der Waals surface area contributed by atoms with Crippen LogP contribution >= 0.6 is 0 Å². The Balaban J connectivity index is 1.13. The van der Waals surface area contributed by atoms with Crippen LogP contribution in [0.1, 0.15) is 0 Å².